The fourth-order valence-electron chi connectivity index (χ4n) is 1.80. The van der Waals surface area contributed by atoms with Gasteiger partial charge in [0.05, 0.1) is 0 Å². The van der Waals surface area contributed by atoms with Gasteiger partial charge in [0, 0.05) is 19.8 Å². The Kier molecular flexibility index (Phi) is 2.81. The fourth-order valence-corrected chi connectivity index (χ4v) is 3.05. The van der Waals surface area contributed by atoms with Gasteiger partial charge in [0.15, 0.2) is 0 Å². The third kappa shape index (κ3) is 2.00. The first-order valence-electron chi connectivity index (χ1n) is 5.30. The number of rotatable bonds is 5. The molecule has 0 aliphatic heterocycles. The van der Waals surface area contributed by atoms with Crippen molar-refractivity contribution in [2.45, 2.75) is 17.9 Å². The van der Waals surface area contributed by atoms with Gasteiger partial charge in [-0.05, 0) is 36.9 Å². The predicted molar refractivity (Wildman–Crippen MR) is 61.3 cm³/mol. The largest absolute Gasteiger partial charge is 0.351 e. The quantitative estimate of drug-likeness (QED) is 0.784. The van der Waals surface area contributed by atoms with Gasteiger partial charge in [0.1, 0.15) is 5.03 Å². The molecular formula is C10H17N3O2S. The highest BCUT2D eigenvalue weighted by Crippen LogP contribution is 2.45. The second kappa shape index (κ2) is 3.87. The Morgan fingerprint density at radius 2 is 2.25 bits per heavy atom. The van der Waals surface area contributed by atoms with E-state index in [1.165, 1.54) is 4.31 Å². The lowest BCUT2D eigenvalue weighted by Gasteiger charge is -2.21. The molecule has 0 aromatic carbocycles. The smallest absolute Gasteiger partial charge is 0.258 e. The molecule has 0 bridgehead atoms. The standard InChI is InChI=1S/C10H17N3O2S/c1-13(8-10(7-11)4-5-10)16(14,15)9-3-2-6-12-9/h2-3,6,12H,4-5,7-8,11H2,1H3. The Morgan fingerprint density at radius 1 is 1.56 bits per heavy atom. The average molecular weight is 243 g/mol. The van der Waals surface area contributed by atoms with Crippen molar-refractivity contribution in [1.29, 1.82) is 0 Å². The SMILES string of the molecule is CN(CC1(CN)CC1)S(=O)(=O)c1ccc[nH]1. The molecule has 0 atom stereocenters. The fraction of sp³-hybridized carbons (Fsp3) is 0.600. The molecule has 0 amide bonds. The molecule has 3 N–H and O–H groups in total. The van der Waals surface area contributed by atoms with E-state index in [1.807, 2.05) is 0 Å². The third-order valence-corrected chi connectivity index (χ3v) is 4.97. The maximum absolute atomic E-state index is 12.1. The highest BCUT2D eigenvalue weighted by atomic mass is 32.2. The van der Waals surface area contributed by atoms with Crippen molar-refractivity contribution in [2.24, 2.45) is 11.1 Å². The van der Waals surface area contributed by atoms with Crippen LogP contribution in [0.1, 0.15) is 12.8 Å². The lowest BCUT2D eigenvalue weighted by atomic mass is 10.1. The molecular weight excluding hydrogens is 226 g/mol. The van der Waals surface area contributed by atoms with Crippen LogP contribution in [-0.4, -0.2) is 37.8 Å². The van der Waals surface area contributed by atoms with Gasteiger partial charge in [-0.2, -0.15) is 4.31 Å². The van der Waals surface area contributed by atoms with Crippen LogP contribution in [-0.2, 0) is 10.0 Å². The lowest BCUT2D eigenvalue weighted by Crippen LogP contribution is -2.35. The van der Waals surface area contributed by atoms with Crippen molar-refractivity contribution >= 4 is 10.0 Å². The molecule has 0 radical (unpaired) electrons. The summed E-state index contributed by atoms with van der Waals surface area (Å²) in [6, 6.07) is 3.24. The summed E-state index contributed by atoms with van der Waals surface area (Å²) in [6.45, 7) is 1.06. The number of nitrogens with zero attached hydrogens (tertiary/aromatic N) is 1. The number of sulfonamides is 1. The van der Waals surface area contributed by atoms with E-state index in [0.29, 0.717) is 13.1 Å². The van der Waals surface area contributed by atoms with Crippen molar-refractivity contribution < 1.29 is 8.42 Å². The Balaban J connectivity index is 2.13. The van der Waals surface area contributed by atoms with Crippen LogP contribution in [0.2, 0.25) is 0 Å². The number of nitrogens with one attached hydrogen (secondary N) is 1. The van der Waals surface area contributed by atoms with Crippen LogP contribution in [0.25, 0.3) is 0 Å². The number of aromatic amines is 1. The summed E-state index contributed by atoms with van der Waals surface area (Å²) in [4.78, 5) is 2.72. The van der Waals surface area contributed by atoms with E-state index in [2.05, 4.69) is 4.98 Å². The molecule has 0 spiro atoms. The summed E-state index contributed by atoms with van der Waals surface area (Å²) in [5.74, 6) is 0. The minimum Gasteiger partial charge on any atom is -0.351 e. The Hall–Kier alpha value is -0.850. The number of aromatic nitrogens is 1. The van der Waals surface area contributed by atoms with E-state index < -0.39 is 10.0 Å². The minimum atomic E-state index is -3.38. The minimum absolute atomic E-state index is 0.0222. The van der Waals surface area contributed by atoms with Gasteiger partial charge in [0.2, 0.25) is 0 Å². The maximum atomic E-state index is 12.1. The molecule has 90 valence electrons. The van der Waals surface area contributed by atoms with Crippen LogP contribution in [0.5, 0.6) is 0 Å². The average Bonchev–Trinajstić information content (AvgIpc) is 2.81. The maximum Gasteiger partial charge on any atom is 0.258 e. The normalized spacial score (nSPS) is 18.9. The molecule has 1 heterocycles. The summed E-state index contributed by atoms with van der Waals surface area (Å²) in [5.41, 5.74) is 5.67. The summed E-state index contributed by atoms with van der Waals surface area (Å²) >= 11 is 0. The molecule has 6 heteroatoms. The van der Waals surface area contributed by atoms with Gasteiger partial charge in [-0.15, -0.1) is 0 Å². The van der Waals surface area contributed by atoms with E-state index in [-0.39, 0.29) is 10.4 Å². The topological polar surface area (TPSA) is 79.2 Å². The Bertz CT molecular complexity index is 448. The highest BCUT2D eigenvalue weighted by molar-refractivity contribution is 7.89. The van der Waals surface area contributed by atoms with E-state index in [0.717, 1.165) is 12.8 Å². The second-order valence-electron chi connectivity index (χ2n) is 4.50. The molecule has 0 saturated heterocycles. The summed E-state index contributed by atoms with van der Waals surface area (Å²) in [6.07, 6.45) is 3.65. The zero-order valence-corrected chi connectivity index (χ0v) is 10.1. The molecule has 5 nitrogen and oxygen atoms in total. The molecule has 1 aliphatic rings. The van der Waals surface area contributed by atoms with E-state index in [9.17, 15) is 8.42 Å². The molecule has 16 heavy (non-hydrogen) atoms. The van der Waals surface area contributed by atoms with Crippen LogP contribution in [0.4, 0.5) is 0 Å². The number of H-pyrrole nitrogens is 1. The van der Waals surface area contributed by atoms with Crippen molar-refractivity contribution in [3.8, 4) is 0 Å². The van der Waals surface area contributed by atoms with Gasteiger partial charge in [-0.3, -0.25) is 0 Å². The van der Waals surface area contributed by atoms with Gasteiger partial charge < -0.3 is 10.7 Å². The molecule has 2 rings (SSSR count). The monoisotopic (exact) mass is 243 g/mol. The van der Waals surface area contributed by atoms with Crippen molar-refractivity contribution in [1.82, 2.24) is 9.29 Å². The van der Waals surface area contributed by atoms with E-state index in [1.54, 1.807) is 25.4 Å². The molecule has 1 aliphatic carbocycles. The highest BCUT2D eigenvalue weighted by Gasteiger charge is 2.44. The molecule has 1 aromatic rings. The lowest BCUT2D eigenvalue weighted by molar-refractivity contribution is 0.370. The molecule has 1 aromatic heterocycles. The van der Waals surface area contributed by atoms with Gasteiger partial charge in [0.25, 0.3) is 10.0 Å². The van der Waals surface area contributed by atoms with Crippen LogP contribution in [0, 0.1) is 5.41 Å². The first-order valence-corrected chi connectivity index (χ1v) is 6.74. The van der Waals surface area contributed by atoms with Gasteiger partial charge >= 0.3 is 0 Å². The van der Waals surface area contributed by atoms with Gasteiger partial charge in [-0.25, -0.2) is 8.42 Å². The second-order valence-corrected chi connectivity index (χ2v) is 6.51. The first kappa shape index (κ1) is 11.6. The van der Waals surface area contributed by atoms with E-state index >= 15 is 0 Å². The number of nitrogens with two attached hydrogens (primary N) is 1. The zero-order chi connectivity index (χ0) is 11.8. The molecule has 0 unspecified atom stereocenters. The molecule has 1 saturated carbocycles. The summed E-state index contributed by atoms with van der Waals surface area (Å²) in [5, 5.41) is 0.239. The van der Waals surface area contributed by atoms with E-state index in [4.69, 9.17) is 5.73 Å². The van der Waals surface area contributed by atoms with Crippen LogP contribution >= 0.6 is 0 Å². The molecule has 1 fully saturated rings. The number of hydrogen-bond donors (Lipinski definition) is 2. The number of hydrogen-bond acceptors (Lipinski definition) is 3. The summed E-state index contributed by atoms with van der Waals surface area (Å²) < 4.78 is 25.5. The van der Waals surface area contributed by atoms with Crippen LogP contribution in [0.15, 0.2) is 23.4 Å². The van der Waals surface area contributed by atoms with Gasteiger partial charge in [-0.1, -0.05) is 0 Å². The van der Waals surface area contributed by atoms with Crippen molar-refractivity contribution in [3.05, 3.63) is 18.3 Å². The van der Waals surface area contributed by atoms with Crippen molar-refractivity contribution in [3.63, 3.8) is 0 Å². The first-order chi connectivity index (χ1) is 7.50. The van der Waals surface area contributed by atoms with Crippen LogP contribution in [0.3, 0.4) is 0 Å². The Labute approximate surface area is 95.7 Å². The Morgan fingerprint density at radius 3 is 2.69 bits per heavy atom. The summed E-state index contributed by atoms with van der Waals surface area (Å²) in [7, 11) is -1.77. The van der Waals surface area contributed by atoms with Crippen molar-refractivity contribution in [2.75, 3.05) is 20.1 Å². The van der Waals surface area contributed by atoms with Crippen LogP contribution < -0.4 is 5.73 Å². The third-order valence-electron chi connectivity index (χ3n) is 3.21. The zero-order valence-electron chi connectivity index (χ0n) is 9.31. The predicted octanol–water partition coefficient (Wildman–Crippen LogP) is 0.374.